The van der Waals surface area contributed by atoms with Crippen LogP contribution < -0.4 is 11.2 Å². The van der Waals surface area contributed by atoms with E-state index in [0.29, 0.717) is 11.3 Å². The summed E-state index contributed by atoms with van der Waals surface area (Å²) >= 11 is 0. The number of carbonyl (C=O) groups excluding carboxylic acids is 1. The Kier molecular flexibility index (Phi) is 3.41. The van der Waals surface area contributed by atoms with E-state index in [9.17, 15) is 4.79 Å². The highest BCUT2D eigenvalue weighted by Crippen LogP contribution is 2.20. The monoisotopic (exact) mass is 220 g/mol. The Balaban J connectivity index is 1.85. The molecule has 86 valence electrons. The summed E-state index contributed by atoms with van der Waals surface area (Å²) in [6, 6.07) is 6.76. The molecular weight excluding hydrogens is 204 g/mol. The lowest BCUT2D eigenvalue weighted by Crippen LogP contribution is -2.28. The van der Waals surface area contributed by atoms with Gasteiger partial charge in [0.15, 0.2) is 0 Å². The standard InChI is InChI=1S/C12H16N2O2/c13-10-7-5-9(6-8-10)12(15)14-16-11-3-1-2-4-11/h5-8,11H,1-4,13H2,(H,14,15). The predicted molar refractivity (Wildman–Crippen MR) is 61.7 cm³/mol. The molecule has 0 spiro atoms. The molecule has 4 nitrogen and oxygen atoms in total. The van der Waals surface area contributed by atoms with Crippen molar-refractivity contribution in [3.63, 3.8) is 0 Å². The van der Waals surface area contributed by atoms with Crippen LogP contribution in [0.3, 0.4) is 0 Å². The molecule has 0 saturated heterocycles. The fraction of sp³-hybridized carbons (Fsp3) is 0.417. The van der Waals surface area contributed by atoms with E-state index < -0.39 is 0 Å². The summed E-state index contributed by atoms with van der Waals surface area (Å²) in [4.78, 5) is 17.0. The molecule has 2 rings (SSSR count). The Morgan fingerprint density at radius 1 is 1.25 bits per heavy atom. The third-order valence-electron chi connectivity index (χ3n) is 2.79. The number of anilines is 1. The smallest absolute Gasteiger partial charge is 0.274 e. The lowest BCUT2D eigenvalue weighted by molar-refractivity contribution is -0.0124. The average Bonchev–Trinajstić information content (AvgIpc) is 2.80. The van der Waals surface area contributed by atoms with Gasteiger partial charge in [0.2, 0.25) is 0 Å². The molecule has 1 saturated carbocycles. The Morgan fingerprint density at radius 3 is 2.50 bits per heavy atom. The summed E-state index contributed by atoms with van der Waals surface area (Å²) in [6.07, 6.45) is 4.60. The van der Waals surface area contributed by atoms with Crippen molar-refractivity contribution in [2.24, 2.45) is 0 Å². The summed E-state index contributed by atoms with van der Waals surface area (Å²) in [7, 11) is 0. The highest BCUT2D eigenvalue weighted by molar-refractivity contribution is 5.93. The third-order valence-corrected chi connectivity index (χ3v) is 2.79. The summed E-state index contributed by atoms with van der Waals surface area (Å²) in [6.45, 7) is 0. The minimum atomic E-state index is -0.216. The van der Waals surface area contributed by atoms with E-state index in [1.807, 2.05) is 0 Å². The van der Waals surface area contributed by atoms with E-state index in [1.165, 1.54) is 12.8 Å². The Bertz CT molecular complexity index is 356. The van der Waals surface area contributed by atoms with Crippen LogP contribution in [0.25, 0.3) is 0 Å². The van der Waals surface area contributed by atoms with Gasteiger partial charge in [-0.1, -0.05) is 12.8 Å². The highest BCUT2D eigenvalue weighted by atomic mass is 16.7. The maximum atomic E-state index is 11.6. The van der Waals surface area contributed by atoms with Gasteiger partial charge in [-0.25, -0.2) is 5.48 Å². The molecule has 0 radical (unpaired) electrons. The maximum Gasteiger partial charge on any atom is 0.274 e. The number of hydrogen-bond donors (Lipinski definition) is 2. The van der Waals surface area contributed by atoms with Gasteiger partial charge < -0.3 is 5.73 Å². The van der Waals surface area contributed by atoms with Crippen LogP contribution in [0.15, 0.2) is 24.3 Å². The van der Waals surface area contributed by atoms with Gasteiger partial charge in [-0.15, -0.1) is 0 Å². The molecule has 0 atom stereocenters. The molecule has 1 fully saturated rings. The second-order valence-electron chi connectivity index (χ2n) is 4.08. The molecule has 1 aliphatic rings. The molecule has 0 unspecified atom stereocenters. The summed E-state index contributed by atoms with van der Waals surface area (Å²) in [5.41, 5.74) is 9.23. The Hall–Kier alpha value is -1.55. The fourth-order valence-electron chi connectivity index (χ4n) is 1.84. The van der Waals surface area contributed by atoms with Crippen LogP contribution in [0, 0.1) is 0 Å². The van der Waals surface area contributed by atoms with Crippen LogP contribution >= 0.6 is 0 Å². The summed E-state index contributed by atoms with van der Waals surface area (Å²) < 4.78 is 0. The zero-order valence-electron chi connectivity index (χ0n) is 9.11. The van der Waals surface area contributed by atoms with Crippen LogP contribution in [-0.4, -0.2) is 12.0 Å². The first-order valence-corrected chi connectivity index (χ1v) is 5.57. The topological polar surface area (TPSA) is 64.4 Å². The number of nitrogens with two attached hydrogens (primary N) is 1. The van der Waals surface area contributed by atoms with Gasteiger partial charge in [0.1, 0.15) is 0 Å². The first-order chi connectivity index (χ1) is 7.75. The van der Waals surface area contributed by atoms with Crippen molar-refractivity contribution in [1.29, 1.82) is 0 Å². The van der Waals surface area contributed by atoms with E-state index in [1.54, 1.807) is 24.3 Å². The number of hydrogen-bond acceptors (Lipinski definition) is 3. The highest BCUT2D eigenvalue weighted by Gasteiger charge is 2.17. The van der Waals surface area contributed by atoms with Crippen LogP contribution in [0.2, 0.25) is 0 Å². The zero-order chi connectivity index (χ0) is 11.4. The minimum Gasteiger partial charge on any atom is -0.399 e. The second kappa shape index (κ2) is 4.99. The van der Waals surface area contributed by atoms with Crippen molar-refractivity contribution in [3.8, 4) is 0 Å². The first kappa shape index (κ1) is 11.0. The maximum absolute atomic E-state index is 11.6. The molecule has 0 bridgehead atoms. The number of benzene rings is 1. The van der Waals surface area contributed by atoms with Gasteiger partial charge in [-0.2, -0.15) is 0 Å². The van der Waals surface area contributed by atoms with Gasteiger partial charge in [0, 0.05) is 11.3 Å². The van der Waals surface area contributed by atoms with Crippen molar-refractivity contribution in [3.05, 3.63) is 29.8 Å². The fourth-order valence-corrected chi connectivity index (χ4v) is 1.84. The van der Waals surface area contributed by atoms with Crippen molar-refractivity contribution in [2.45, 2.75) is 31.8 Å². The van der Waals surface area contributed by atoms with Crippen molar-refractivity contribution in [2.75, 3.05) is 5.73 Å². The molecule has 0 aromatic heterocycles. The molecule has 1 amide bonds. The van der Waals surface area contributed by atoms with Gasteiger partial charge in [0.25, 0.3) is 5.91 Å². The van der Waals surface area contributed by atoms with Gasteiger partial charge in [-0.3, -0.25) is 9.63 Å². The number of hydroxylamine groups is 1. The molecule has 16 heavy (non-hydrogen) atoms. The molecule has 0 aliphatic heterocycles. The van der Waals surface area contributed by atoms with Crippen LogP contribution in [0.4, 0.5) is 5.69 Å². The van der Waals surface area contributed by atoms with E-state index in [-0.39, 0.29) is 12.0 Å². The van der Waals surface area contributed by atoms with E-state index >= 15 is 0 Å². The first-order valence-electron chi connectivity index (χ1n) is 5.57. The molecule has 3 N–H and O–H groups in total. The summed E-state index contributed by atoms with van der Waals surface area (Å²) in [5, 5.41) is 0. The van der Waals surface area contributed by atoms with Crippen molar-refractivity contribution >= 4 is 11.6 Å². The number of amides is 1. The lowest BCUT2D eigenvalue weighted by Gasteiger charge is -2.11. The number of nitrogens with one attached hydrogen (secondary N) is 1. The second-order valence-corrected chi connectivity index (χ2v) is 4.08. The zero-order valence-corrected chi connectivity index (χ0v) is 9.11. The number of carbonyl (C=O) groups is 1. The molecule has 1 aromatic rings. The number of nitrogen functional groups attached to an aromatic ring is 1. The molecule has 0 heterocycles. The third kappa shape index (κ3) is 2.73. The van der Waals surface area contributed by atoms with E-state index in [4.69, 9.17) is 10.6 Å². The molecular formula is C12H16N2O2. The average molecular weight is 220 g/mol. The predicted octanol–water partition coefficient (Wildman–Crippen LogP) is 1.87. The van der Waals surface area contributed by atoms with Gasteiger partial charge in [0.05, 0.1) is 6.10 Å². The van der Waals surface area contributed by atoms with Crippen LogP contribution in [0.1, 0.15) is 36.0 Å². The van der Waals surface area contributed by atoms with Crippen molar-refractivity contribution in [1.82, 2.24) is 5.48 Å². The van der Waals surface area contributed by atoms with Gasteiger partial charge in [-0.05, 0) is 37.1 Å². The lowest BCUT2D eigenvalue weighted by atomic mass is 10.2. The van der Waals surface area contributed by atoms with Gasteiger partial charge >= 0.3 is 0 Å². The van der Waals surface area contributed by atoms with Crippen LogP contribution in [-0.2, 0) is 4.84 Å². The Morgan fingerprint density at radius 2 is 1.88 bits per heavy atom. The number of rotatable bonds is 3. The quantitative estimate of drug-likeness (QED) is 0.603. The van der Waals surface area contributed by atoms with E-state index in [0.717, 1.165) is 12.8 Å². The van der Waals surface area contributed by atoms with E-state index in [2.05, 4.69) is 5.48 Å². The largest absolute Gasteiger partial charge is 0.399 e. The normalized spacial score (nSPS) is 16.2. The molecule has 1 aromatic carbocycles. The van der Waals surface area contributed by atoms with Crippen LogP contribution in [0.5, 0.6) is 0 Å². The molecule has 4 heteroatoms. The molecule has 1 aliphatic carbocycles. The SMILES string of the molecule is Nc1ccc(C(=O)NOC2CCCC2)cc1. The summed E-state index contributed by atoms with van der Waals surface area (Å²) in [5.74, 6) is -0.216. The Labute approximate surface area is 94.7 Å². The minimum absolute atomic E-state index is 0.178. The van der Waals surface area contributed by atoms with Crippen molar-refractivity contribution < 1.29 is 9.63 Å².